The lowest BCUT2D eigenvalue weighted by Crippen LogP contribution is -2.30. The molecule has 1 aliphatic rings. The van der Waals surface area contributed by atoms with Crippen LogP contribution in [0.15, 0.2) is 30.7 Å². The van der Waals surface area contributed by atoms with Crippen LogP contribution in [-0.2, 0) is 6.54 Å². The van der Waals surface area contributed by atoms with Crippen molar-refractivity contribution in [3.8, 4) is 11.3 Å². The second-order valence-electron chi connectivity index (χ2n) is 9.47. The highest BCUT2D eigenvalue weighted by Gasteiger charge is 2.27. The largest absolute Gasteiger partial charge is 0.371 e. The number of pyridine rings is 1. The second-order valence-corrected chi connectivity index (χ2v) is 9.47. The molecule has 1 fully saturated rings. The Kier molecular flexibility index (Phi) is 5.38. The lowest BCUT2D eigenvalue weighted by molar-refractivity contribution is 0.128. The van der Waals surface area contributed by atoms with Crippen LogP contribution in [0.4, 0.5) is 20.5 Å². The molecule has 8 nitrogen and oxygen atoms in total. The Balaban J connectivity index is 1.49. The number of nitrogens with zero attached hydrogens (tertiary/aromatic N) is 6. The minimum atomic E-state index is -2.48. The van der Waals surface area contributed by atoms with Crippen molar-refractivity contribution < 1.29 is 8.78 Å². The summed E-state index contributed by atoms with van der Waals surface area (Å²) in [6, 6.07) is 5.91. The van der Waals surface area contributed by atoms with Gasteiger partial charge in [-0.15, -0.1) is 5.10 Å². The number of anilines is 2. The van der Waals surface area contributed by atoms with Crippen molar-refractivity contribution >= 4 is 28.4 Å². The number of imidazole rings is 1. The SMILES string of the molecule is CNc1nc(NC2CCC(C)(C)CC2)nn2ccc(-c3ccc4ncn(CC(F)F)c4n3)c12. The molecule has 4 aromatic heterocycles. The van der Waals surface area contributed by atoms with Gasteiger partial charge < -0.3 is 15.2 Å². The molecule has 0 bridgehead atoms. The zero-order chi connectivity index (χ0) is 23.2. The lowest BCUT2D eigenvalue weighted by atomic mass is 9.76. The van der Waals surface area contributed by atoms with Crippen LogP contribution < -0.4 is 10.6 Å². The molecule has 2 N–H and O–H groups in total. The van der Waals surface area contributed by atoms with Crippen LogP contribution in [0.5, 0.6) is 0 Å². The van der Waals surface area contributed by atoms with Crippen molar-refractivity contribution in [1.29, 1.82) is 0 Å². The fourth-order valence-corrected chi connectivity index (χ4v) is 4.57. The molecule has 4 aromatic rings. The molecule has 1 saturated carbocycles. The Morgan fingerprint density at radius 1 is 1.15 bits per heavy atom. The van der Waals surface area contributed by atoms with E-state index in [4.69, 9.17) is 4.98 Å². The Morgan fingerprint density at radius 3 is 2.67 bits per heavy atom. The van der Waals surface area contributed by atoms with Gasteiger partial charge in [0.2, 0.25) is 5.95 Å². The molecule has 10 heteroatoms. The maximum Gasteiger partial charge on any atom is 0.256 e. The Morgan fingerprint density at radius 2 is 1.94 bits per heavy atom. The molecule has 33 heavy (non-hydrogen) atoms. The van der Waals surface area contributed by atoms with Gasteiger partial charge in [-0.25, -0.2) is 23.3 Å². The first-order valence-electron chi connectivity index (χ1n) is 11.3. The molecular weight excluding hydrogens is 426 g/mol. The Labute approximate surface area is 190 Å². The van der Waals surface area contributed by atoms with E-state index in [9.17, 15) is 8.78 Å². The zero-order valence-corrected chi connectivity index (χ0v) is 19.0. The van der Waals surface area contributed by atoms with Gasteiger partial charge >= 0.3 is 0 Å². The predicted molar refractivity (Wildman–Crippen MR) is 125 cm³/mol. The van der Waals surface area contributed by atoms with Crippen molar-refractivity contribution in [2.24, 2.45) is 5.41 Å². The van der Waals surface area contributed by atoms with Crippen LogP contribution in [0.1, 0.15) is 39.5 Å². The third-order valence-corrected chi connectivity index (χ3v) is 6.49. The molecular formula is C23H28F2N8. The number of alkyl halides is 2. The van der Waals surface area contributed by atoms with Gasteiger partial charge in [0.1, 0.15) is 11.0 Å². The molecule has 0 aromatic carbocycles. The summed E-state index contributed by atoms with van der Waals surface area (Å²) in [5.41, 5.74) is 3.65. The van der Waals surface area contributed by atoms with E-state index < -0.39 is 13.0 Å². The van der Waals surface area contributed by atoms with Crippen LogP contribution in [0.3, 0.4) is 0 Å². The van der Waals surface area contributed by atoms with Gasteiger partial charge in [0.25, 0.3) is 6.43 Å². The van der Waals surface area contributed by atoms with Gasteiger partial charge in [0, 0.05) is 24.8 Å². The normalized spacial score (nSPS) is 16.7. The van der Waals surface area contributed by atoms with Crippen molar-refractivity contribution in [2.75, 3.05) is 17.7 Å². The molecule has 0 unspecified atom stereocenters. The summed E-state index contributed by atoms with van der Waals surface area (Å²) in [6.45, 7) is 4.19. The minimum Gasteiger partial charge on any atom is -0.371 e. The molecule has 4 heterocycles. The molecule has 0 aliphatic heterocycles. The average molecular weight is 455 g/mol. The van der Waals surface area contributed by atoms with Gasteiger partial charge in [0.15, 0.2) is 11.5 Å². The van der Waals surface area contributed by atoms with E-state index in [0.29, 0.717) is 40.1 Å². The summed E-state index contributed by atoms with van der Waals surface area (Å²) in [7, 11) is 1.82. The van der Waals surface area contributed by atoms with Crippen molar-refractivity contribution in [3.05, 3.63) is 30.7 Å². The first-order valence-corrected chi connectivity index (χ1v) is 11.3. The van der Waals surface area contributed by atoms with Crippen LogP contribution in [0, 0.1) is 5.41 Å². The minimum absolute atomic E-state index is 0.356. The number of hydrogen-bond acceptors (Lipinski definition) is 6. The standard InChI is InChI=1S/C23H28F2N8/c1-23(2)9-6-14(7-10-23)28-22-30-20(26-3)19-15(8-11-33(19)31-22)16-4-5-17-21(29-16)32(13-27-17)12-18(24)25/h4-5,8,11,13-14,18H,6-7,9-10,12H2,1-3H3,(H2,26,28,30,31). The van der Waals surface area contributed by atoms with Gasteiger partial charge in [0.05, 0.1) is 18.6 Å². The summed E-state index contributed by atoms with van der Waals surface area (Å²) in [6.07, 6.45) is 5.33. The smallest absolute Gasteiger partial charge is 0.256 e. The molecule has 0 atom stereocenters. The van der Waals surface area contributed by atoms with E-state index in [2.05, 4.69) is 39.5 Å². The third kappa shape index (κ3) is 4.21. The van der Waals surface area contributed by atoms with Gasteiger partial charge in [-0.3, -0.25) is 0 Å². The van der Waals surface area contributed by atoms with E-state index in [1.165, 1.54) is 23.7 Å². The van der Waals surface area contributed by atoms with Crippen molar-refractivity contribution in [1.82, 2.24) is 29.1 Å². The van der Waals surface area contributed by atoms with E-state index in [-0.39, 0.29) is 0 Å². The maximum atomic E-state index is 12.9. The summed E-state index contributed by atoms with van der Waals surface area (Å²) >= 11 is 0. The van der Waals surface area contributed by atoms with Gasteiger partial charge in [-0.2, -0.15) is 4.98 Å². The summed E-state index contributed by atoms with van der Waals surface area (Å²) in [4.78, 5) is 13.5. The fourth-order valence-electron chi connectivity index (χ4n) is 4.57. The predicted octanol–water partition coefficient (Wildman–Crippen LogP) is 4.83. The third-order valence-electron chi connectivity index (χ3n) is 6.49. The van der Waals surface area contributed by atoms with Crippen molar-refractivity contribution in [3.63, 3.8) is 0 Å². The zero-order valence-electron chi connectivity index (χ0n) is 19.0. The number of rotatable bonds is 6. The first-order chi connectivity index (χ1) is 15.8. The van der Waals surface area contributed by atoms with Crippen LogP contribution in [-0.4, -0.2) is 48.6 Å². The van der Waals surface area contributed by atoms with E-state index in [0.717, 1.165) is 23.9 Å². The number of halogens is 2. The second kappa shape index (κ2) is 8.24. The fraction of sp³-hybridized carbons (Fsp3) is 0.478. The first kappa shape index (κ1) is 21.5. The quantitative estimate of drug-likeness (QED) is 0.434. The highest BCUT2D eigenvalue weighted by atomic mass is 19.3. The number of nitrogens with one attached hydrogen (secondary N) is 2. The highest BCUT2D eigenvalue weighted by Crippen LogP contribution is 2.36. The molecule has 0 radical (unpaired) electrons. The Hall–Kier alpha value is -3.30. The van der Waals surface area contributed by atoms with E-state index >= 15 is 0 Å². The van der Waals surface area contributed by atoms with E-state index in [1.807, 2.05) is 25.4 Å². The summed E-state index contributed by atoms with van der Waals surface area (Å²) < 4.78 is 29.0. The number of aromatic nitrogens is 6. The summed E-state index contributed by atoms with van der Waals surface area (Å²) in [5.74, 6) is 1.25. The van der Waals surface area contributed by atoms with Crippen LogP contribution >= 0.6 is 0 Å². The molecule has 174 valence electrons. The molecule has 0 saturated heterocycles. The van der Waals surface area contributed by atoms with Crippen LogP contribution in [0.2, 0.25) is 0 Å². The van der Waals surface area contributed by atoms with E-state index in [1.54, 1.807) is 10.6 Å². The molecule has 0 amide bonds. The molecule has 1 aliphatic carbocycles. The topological polar surface area (TPSA) is 85.0 Å². The van der Waals surface area contributed by atoms with Crippen molar-refractivity contribution in [2.45, 2.75) is 58.5 Å². The number of fused-ring (bicyclic) bond motifs is 2. The number of hydrogen-bond donors (Lipinski definition) is 2. The Bertz CT molecular complexity index is 1280. The van der Waals surface area contributed by atoms with Crippen LogP contribution in [0.25, 0.3) is 27.9 Å². The lowest BCUT2D eigenvalue weighted by Gasteiger charge is -2.34. The van der Waals surface area contributed by atoms with Gasteiger partial charge in [-0.05, 0) is 49.3 Å². The van der Waals surface area contributed by atoms with Gasteiger partial charge in [-0.1, -0.05) is 13.8 Å². The maximum absolute atomic E-state index is 12.9. The monoisotopic (exact) mass is 454 g/mol. The molecule has 0 spiro atoms. The average Bonchev–Trinajstić information content (AvgIpc) is 3.38. The summed E-state index contributed by atoms with van der Waals surface area (Å²) in [5, 5.41) is 11.3. The molecule has 5 rings (SSSR count). The highest BCUT2D eigenvalue weighted by molar-refractivity contribution is 5.89.